The lowest BCUT2D eigenvalue weighted by molar-refractivity contribution is 0.0608. The third-order valence-corrected chi connectivity index (χ3v) is 2.63. The number of nitrogens with zero attached hydrogens (tertiary/aromatic N) is 3. The molecule has 6 nitrogen and oxygen atoms in total. The van der Waals surface area contributed by atoms with E-state index in [4.69, 9.17) is 9.47 Å². The molecule has 0 spiro atoms. The summed E-state index contributed by atoms with van der Waals surface area (Å²) in [5.74, 6) is 1.17. The largest absolute Gasteiger partial charge is 0.492 e. The summed E-state index contributed by atoms with van der Waals surface area (Å²) in [6.45, 7) is 8.12. The van der Waals surface area contributed by atoms with Gasteiger partial charge < -0.3 is 9.47 Å². The highest BCUT2D eigenvalue weighted by molar-refractivity contribution is 7.57. The van der Waals surface area contributed by atoms with Crippen molar-refractivity contribution in [2.45, 2.75) is 46.1 Å². The molecule has 0 bridgehead atoms. The van der Waals surface area contributed by atoms with Crippen molar-refractivity contribution in [3.8, 4) is 5.75 Å². The lowest BCUT2D eigenvalue weighted by atomic mass is 10.2. The quantitative estimate of drug-likeness (QED) is 0.761. The number of hydrogen-bond acceptors (Lipinski definition) is 5. The van der Waals surface area contributed by atoms with E-state index >= 15 is 0 Å². The lowest BCUT2D eigenvalue weighted by Crippen LogP contribution is -2.21. The molecular formula is C14H21N3O3S. The Balaban J connectivity index is 2.54. The van der Waals surface area contributed by atoms with Crippen LogP contribution in [0.25, 0.3) is 0 Å². The Bertz CT molecular complexity index is 517. The van der Waals surface area contributed by atoms with Gasteiger partial charge in [-0.1, -0.05) is 17.7 Å². The van der Waals surface area contributed by atoms with Gasteiger partial charge in [0, 0.05) is 0 Å². The fraction of sp³-hybridized carbons (Fsp3) is 0.571. The Morgan fingerprint density at radius 1 is 1.38 bits per heavy atom. The van der Waals surface area contributed by atoms with E-state index in [0.717, 1.165) is 24.2 Å². The number of rotatable bonds is 5. The van der Waals surface area contributed by atoms with Gasteiger partial charge >= 0.3 is 6.09 Å². The second-order valence-corrected chi connectivity index (χ2v) is 5.83. The van der Waals surface area contributed by atoms with E-state index in [1.165, 1.54) is 0 Å². The van der Waals surface area contributed by atoms with Crippen LogP contribution in [0.15, 0.2) is 27.1 Å². The highest BCUT2D eigenvalue weighted by Crippen LogP contribution is 2.14. The summed E-state index contributed by atoms with van der Waals surface area (Å²) in [4.78, 5) is 15.4. The Morgan fingerprint density at radius 3 is 2.71 bits per heavy atom. The Morgan fingerprint density at radius 2 is 2.14 bits per heavy atom. The first-order valence-electron chi connectivity index (χ1n) is 6.81. The maximum Gasteiger partial charge on any atom is 0.446 e. The molecular weight excluding hydrogens is 290 g/mol. The summed E-state index contributed by atoms with van der Waals surface area (Å²) in [7, 11) is 0. The van der Waals surface area contributed by atoms with Gasteiger partial charge in [0.15, 0.2) is 5.82 Å². The van der Waals surface area contributed by atoms with Crippen molar-refractivity contribution in [1.29, 1.82) is 0 Å². The SMILES string of the molecule is CCCCOc1ccc(N=S=NC(=O)OC(C)(C)C)nc1. The van der Waals surface area contributed by atoms with Crippen molar-refractivity contribution >= 4 is 23.3 Å². The van der Waals surface area contributed by atoms with E-state index in [9.17, 15) is 4.79 Å². The summed E-state index contributed by atoms with van der Waals surface area (Å²) in [5.41, 5.74) is -0.559. The van der Waals surface area contributed by atoms with Crippen LogP contribution in [0.3, 0.4) is 0 Å². The first kappa shape index (κ1) is 17.3. The van der Waals surface area contributed by atoms with E-state index in [-0.39, 0.29) is 0 Å². The maximum absolute atomic E-state index is 11.3. The molecule has 1 aromatic rings. The molecule has 0 saturated heterocycles. The van der Waals surface area contributed by atoms with Crippen LogP contribution in [0.4, 0.5) is 10.6 Å². The van der Waals surface area contributed by atoms with Crippen LogP contribution >= 0.6 is 0 Å². The van der Waals surface area contributed by atoms with E-state index < -0.39 is 11.7 Å². The number of hydrogen-bond donors (Lipinski definition) is 0. The van der Waals surface area contributed by atoms with Crippen LogP contribution in [0.5, 0.6) is 5.75 Å². The van der Waals surface area contributed by atoms with Gasteiger partial charge in [-0.2, -0.15) is 4.36 Å². The lowest BCUT2D eigenvalue weighted by Gasteiger charge is -2.16. The fourth-order valence-electron chi connectivity index (χ4n) is 1.22. The Kier molecular flexibility index (Phi) is 7.01. The molecule has 0 radical (unpaired) electrons. The molecule has 0 fully saturated rings. The van der Waals surface area contributed by atoms with Crippen LogP contribution in [0, 0.1) is 0 Å². The van der Waals surface area contributed by atoms with Gasteiger partial charge in [0.25, 0.3) is 0 Å². The summed E-state index contributed by atoms with van der Waals surface area (Å²) in [5, 5.41) is 0. The van der Waals surface area contributed by atoms with Crippen molar-refractivity contribution in [2.24, 2.45) is 8.73 Å². The molecule has 0 aliphatic heterocycles. The average molecular weight is 311 g/mol. The highest BCUT2D eigenvalue weighted by Gasteiger charge is 2.14. The molecule has 1 aromatic heterocycles. The number of pyridine rings is 1. The monoisotopic (exact) mass is 311 g/mol. The highest BCUT2D eigenvalue weighted by atomic mass is 32.1. The normalized spacial score (nSPS) is 10.7. The van der Waals surface area contributed by atoms with Crippen molar-refractivity contribution in [3.05, 3.63) is 18.3 Å². The van der Waals surface area contributed by atoms with Gasteiger partial charge in [0.2, 0.25) is 0 Å². The standard InChI is InChI=1S/C14H21N3O3S/c1-5-6-9-19-11-7-8-12(15-10-11)16-21-17-13(18)20-14(2,3)4/h7-8,10H,5-6,9H2,1-4H3. The van der Waals surface area contributed by atoms with E-state index in [1.54, 1.807) is 39.1 Å². The molecule has 0 aliphatic carbocycles. The minimum Gasteiger partial charge on any atom is -0.492 e. The summed E-state index contributed by atoms with van der Waals surface area (Å²) in [6.07, 6.45) is 3.04. The van der Waals surface area contributed by atoms with Crippen molar-refractivity contribution in [1.82, 2.24) is 4.98 Å². The van der Waals surface area contributed by atoms with Gasteiger partial charge in [0.05, 0.1) is 24.2 Å². The third kappa shape index (κ3) is 8.19. The number of carbonyl (C=O) groups is 1. The smallest absolute Gasteiger partial charge is 0.446 e. The molecule has 0 atom stereocenters. The van der Waals surface area contributed by atoms with Crippen LogP contribution in [0.2, 0.25) is 0 Å². The van der Waals surface area contributed by atoms with Gasteiger partial charge in [0.1, 0.15) is 11.4 Å². The van der Waals surface area contributed by atoms with E-state index in [2.05, 4.69) is 20.6 Å². The van der Waals surface area contributed by atoms with Crippen LogP contribution in [-0.4, -0.2) is 23.3 Å². The van der Waals surface area contributed by atoms with Crippen LogP contribution < -0.4 is 4.74 Å². The molecule has 1 heterocycles. The van der Waals surface area contributed by atoms with Crippen LogP contribution in [0.1, 0.15) is 40.5 Å². The molecule has 21 heavy (non-hydrogen) atoms. The molecule has 1 rings (SSSR count). The Hall–Kier alpha value is -1.76. The zero-order valence-electron chi connectivity index (χ0n) is 12.8. The minimum absolute atomic E-state index is 0.468. The van der Waals surface area contributed by atoms with Gasteiger partial charge in [-0.05, 0) is 39.3 Å². The van der Waals surface area contributed by atoms with E-state index in [1.807, 2.05) is 0 Å². The van der Waals surface area contributed by atoms with Crippen molar-refractivity contribution < 1.29 is 14.3 Å². The van der Waals surface area contributed by atoms with Crippen molar-refractivity contribution in [2.75, 3.05) is 6.61 Å². The third-order valence-electron chi connectivity index (χ3n) is 2.13. The molecule has 116 valence electrons. The molecule has 0 unspecified atom stereocenters. The predicted molar refractivity (Wildman–Crippen MR) is 82.8 cm³/mol. The molecule has 1 amide bonds. The maximum atomic E-state index is 11.3. The molecule has 0 saturated carbocycles. The van der Waals surface area contributed by atoms with Gasteiger partial charge in [-0.25, -0.2) is 9.78 Å². The van der Waals surface area contributed by atoms with Gasteiger partial charge in [-0.15, -0.1) is 0 Å². The molecule has 0 aliphatic rings. The first-order valence-corrected chi connectivity index (χ1v) is 7.54. The van der Waals surface area contributed by atoms with Crippen LogP contribution in [-0.2, 0) is 16.1 Å². The fourth-order valence-corrected chi connectivity index (χ4v) is 1.56. The van der Waals surface area contributed by atoms with Crippen molar-refractivity contribution in [3.63, 3.8) is 0 Å². The summed E-state index contributed by atoms with van der Waals surface area (Å²) in [6, 6.07) is 3.49. The topological polar surface area (TPSA) is 73.1 Å². The number of ether oxygens (including phenoxy) is 2. The Labute approximate surface area is 128 Å². The first-order chi connectivity index (χ1) is 9.90. The average Bonchev–Trinajstić information content (AvgIpc) is 2.39. The summed E-state index contributed by atoms with van der Waals surface area (Å²) >= 11 is 0.755. The zero-order valence-corrected chi connectivity index (χ0v) is 13.6. The van der Waals surface area contributed by atoms with Gasteiger partial charge in [-0.3, -0.25) is 0 Å². The number of carbonyl (C=O) groups excluding carboxylic acids is 1. The van der Waals surface area contributed by atoms with E-state index in [0.29, 0.717) is 18.2 Å². The minimum atomic E-state index is -0.657. The molecule has 0 N–H and O–H groups in total. The second-order valence-electron chi connectivity index (χ2n) is 5.30. The number of aromatic nitrogens is 1. The summed E-state index contributed by atoms with van der Waals surface area (Å²) < 4.78 is 18.1. The zero-order chi connectivity index (χ0) is 15.7. The number of unbranched alkanes of at least 4 members (excludes halogenated alkanes) is 1. The molecule has 7 heteroatoms. The number of amides is 1. The second kappa shape index (κ2) is 8.51. The molecule has 0 aromatic carbocycles. The predicted octanol–water partition coefficient (Wildman–Crippen LogP) is 4.28.